The summed E-state index contributed by atoms with van der Waals surface area (Å²) in [5.41, 5.74) is 0. The molecule has 2 fully saturated rings. The lowest BCUT2D eigenvalue weighted by atomic mass is 10.3. The van der Waals surface area contributed by atoms with Gasteiger partial charge in [0.05, 0.1) is 19.3 Å². The van der Waals surface area contributed by atoms with E-state index in [2.05, 4.69) is 26.8 Å². The first-order valence-electron chi connectivity index (χ1n) is 6.39. The molecule has 2 aliphatic rings. The van der Waals surface area contributed by atoms with E-state index in [1.54, 1.807) is 0 Å². The Hall–Kier alpha value is -1.07. The first-order chi connectivity index (χ1) is 8.31. The molecule has 1 atom stereocenters. The third-order valence-electron chi connectivity index (χ3n) is 3.37. The molecule has 5 nitrogen and oxygen atoms in total. The second-order valence-electron chi connectivity index (χ2n) is 5.08. The highest BCUT2D eigenvalue weighted by Crippen LogP contribution is 2.24. The molecule has 0 aromatic carbocycles. The first kappa shape index (κ1) is 11.0. The SMILES string of the molecule is CN1CCOC(Cn2ccnc2NC2CC2)C1. The largest absolute Gasteiger partial charge is 0.374 e. The number of hydrogen-bond acceptors (Lipinski definition) is 4. The summed E-state index contributed by atoms with van der Waals surface area (Å²) in [6, 6.07) is 0.645. The van der Waals surface area contributed by atoms with Crippen molar-refractivity contribution >= 4 is 5.95 Å². The maximum atomic E-state index is 5.78. The van der Waals surface area contributed by atoms with E-state index in [0.717, 1.165) is 32.2 Å². The third kappa shape index (κ3) is 2.79. The Labute approximate surface area is 102 Å². The smallest absolute Gasteiger partial charge is 0.203 e. The summed E-state index contributed by atoms with van der Waals surface area (Å²) in [5.74, 6) is 0.990. The lowest BCUT2D eigenvalue weighted by Gasteiger charge is -2.30. The number of morpholine rings is 1. The van der Waals surface area contributed by atoms with Crippen LogP contribution in [0.1, 0.15) is 12.8 Å². The van der Waals surface area contributed by atoms with Crippen molar-refractivity contribution in [3.05, 3.63) is 12.4 Å². The highest BCUT2D eigenvalue weighted by molar-refractivity contribution is 5.29. The molecule has 3 rings (SSSR count). The average molecular weight is 236 g/mol. The van der Waals surface area contributed by atoms with Crippen LogP contribution in [-0.2, 0) is 11.3 Å². The van der Waals surface area contributed by atoms with Gasteiger partial charge in [-0.15, -0.1) is 0 Å². The van der Waals surface area contributed by atoms with E-state index in [9.17, 15) is 0 Å². The minimum Gasteiger partial charge on any atom is -0.374 e. The second-order valence-corrected chi connectivity index (χ2v) is 5.08. The average Bonchev–Trinajstić information content (AvgIpc) is 3.01. The molecule has 0 radical (unpaired) electrons. The number of likely N-dealkylation sites (N-methyl/N-ethyl adjacent to an activating group) is 1. The molecule has 1 saturated carbocycles. The number of aromatic nitrogens is 2. The topological polar surface area (TPSA) is 42.3 Å². The lowest BCUT2D eigenvalue weighted by Crippen LogP contribution is -2.42. The van der Waals surface area contributed by atoms with Crippen LogP contribution in [0.2, 0.25) is 0 Å². The number of nitrogens with one attached hydrogen (secondary N) is 1. The second kappa shape index (κ2) is 4.66. The minimum atomic E-state index is 0.280. The van der Waals surface area contributed by atoms with E-state index in [1.165, 1.54) is 12.8 Å². The van der Waals surface area contributed by atoms with Gasteiger partial charge in [-0.2, -0.15) is 0 Å². The standard InChI is InChI=1S/C12H20N4O/c1-15-6-7-17-11(8-15)9-16-5-4-13-12(16)14-10-2-3-10/h4-5,10-11H,2-3,6-9H2,1H3,(H,13,14). The fourth-order valence-corrected chi connectivity index (χ4v) is 2.20. The predicted molar refractivity (Wildman–Crippen MR) is 66.1 cm³/mol. The number of anilines is 1. The van der Waals surface area contributed by atoms with E-state index >= 15 is 0 Å². The van der Waals surface area contributed by atoms with Crippen molar-refractivity contribution in [1.82, 2.24) is 14.5 Å². The van der Waals surface area contributed by atoms with Crippen LogP contribution in [0.25, 0.3) is 0 Å². The van der Waals surface area contributed by atoms with Crippen LogP contribution in [0.5, 0.6) is 0 Å². The Morgan fingerprint density at radius 3 is 3.18 bits per heavy atom. The molecule has 0 amide bonds. The van der Waals surface area contributed by atoms with E-state index < -0.39 is 0 Å². The molecule has 1 aliphatic heterocycles. The van der Waals surface area contributed by atoms with Crippen molar-refractivity contribution in [2.45, 2.75) is 31.5 Å². The first-order valence-corrected chi connectivity index (χ1v) is 6.39. The molecule has 1 unspecified atom stereocenters. The number of ether oxygens (including phenoxy) is 1. The van der Waals surface area contributed by atoms with Gasteiger partial charge in [0, 0.05) is 31.5 Å². The maximum absolute atomic E-state index is 5.78. The van der Waals surface area contributed by atoms with Gasteiger partial charge in [0.1, 0.15) is 0 Å². The Morgan fingerprint density at radius 2 is 2.41 bits per heavy atom. The van der Waals surface area contributed by atoms with Crippen LogP contribution in [0, 0.1) is 0 Å². The molecule has 1 aliphatic carbocycles. The molecular formula is C12H20N4O. The van der Waals surface area contributed by atoms with Gasteiger partial charge < -0.3 is 19.5 Å². The molecule has 1 aromatic rings. The van der Waals surface area contributed by atoms with Crippen molar-refractivity contribution in [3.8, 4) is 0 Å². The van der Waals surface area contributed by atoms with Crippen LogP contribution in [0.3, 0.4) is 0 Å². The van der Waals surface area contributed by atoms with Crippen molar-refractivity contribution < 1.29 is 4.74 Å². The zero-order valence-electron chi connectivity index (χ0n) is 10.3. The third-order valence-corrected chi connectivity index (χ3v) is 3.37. The zero-order valence-corrected chi connectivity index (χ0v) is 10.3. The van der Waals surface area contributed by atoms with Gasteiger partial charge in [-0.1, -0.05) is 0 Å². The van der Waals surface area contributed by atoms with Gasteiger partial charge in [-0.05, 0) is 19.9 Å². The van der Waals surface area contributed by atoms with Crippen molar-refractivity contribution in [2.75, 3.05) is 32.1 Å². The monoisotopic (exact) mass is 236 g/mol. The highest BCUT2D eigenvalue weighted by Gasteiger charge is 2.24. The molecule has 0 spiro atoms. The summed E-state index contributed by atoms with van der Waals surface area (Å²) in [5, 5.41) is 3.45. The predicted octanol–water partition coefficient (Wildman–Crippen LogP) is 0.788. The maximum Gasteiger partial charge on any atom is 0.203 e. The van der Waals surface area contributed by atoms with Gasteiger partial charge >= 0.3 is 0 Å². The number of rotatable bonds is 4. The van der Waals surface area contributed by atoms with Gasteiger partial charge in [0.15, 0.2) is 0 Å². The highest BCUT2D eigenvalue weighted by atomic mass is 16.5. The molecule has 17 heavy (non-hydrogen) atoms. The van der Waals surface area contributed by atoms with Crippen LogP contribution in [0.15, 0.2) is 12.4 Å². The van der Waals surface area contributed by atoms with E-state index in [-0.39, 0.29) is 6.10 Å². The van der Waals surface area contributed by atoms with Gasteiger partial charge in [0.25, 0.3) is 0 Å². The molecule has 0 bridgehead atoms. The Balaban J connectivity index is 1.61. The molecule has 1 saturated heterocycles. The Bertz CT molecular complexity index is 374. The summed E-state index contributed by atoms with van der Waals surface area (Å²) in [6.07, 6.45) is 6.72. The van der Waals surface area contributed by atoms with Crippen LogP contribution in [-0.4, -0.2) is 53.3 Å². The lowest BCUT2D eigenvalue weighted by molar-refractivity contribution is -0.0272. The summed E-state index contributed by atoms with van der Waals surface area (Å²) in [4.78, 5) is 6.68. The number of nitrogens with zero attached hydrogens (tertiary/aromatic N) is 3. The minimum absolute atomic E-state index is 0.280. The van der Waals surface area contributed by atoms with Crippen LogP contribution >= 0.6 is 0 Å². The van der Waals surface area contributed by atoms with E-state index in [4.69, 9.17) is 4.74 Å². The normalized spacial score (nSPS) is 26.1. The summed E-state index contributed by atoms with van der Waals surface area (Å²) >= 11 is 0. The summed E-state index contributed by atoms with van der Waals surface area (Å²) in [7, 11) is 2.15. The fraction of sp³-hybridized carbons (Fsp3) is 0.750. The Morgan fingerprint density at radius 1 is 1.53 bits per heavy atom. The molecular weight excluding hydrogens is 216 g/mol. The zero-order chi connectivity index (χ0) is 11.7. The van der Waals surface area contributed by atoms with Crippen molar-refractivity contribution in [3.63, 3.8) is 0 Å². The number of imidazole rings is 1. The van der Waals surface area contributed by atoms with Gasteiger partial charge in [-0.3, -0.25) is 0 Å². The fourth-order valence-electron chi connectivity index (χ4n) is 2.20. The van der Waals surface area contributed by atoms with Crippen molar-refractivity contribution in [1.29, 1.82) is 0 Å². The molecule has 2 heterocycles. The summed E-state index contributed by atoms with van der Waals surface area (Å²) in [6.45, 7) is 3.76. The Kier molecular flexibility index (Phi) is 3.03. The summed E-state index contributed by atoms with van der Waals surface area (Å²) < 4.78 is 7.95. The molecule has 1 N–H and O–H groups in total. The molecule has 5 heteroatoms. The van der Waals surface area contributed by atoms with Gasteiger partial charge in [0.2, 0.25) is 5.95 Å². The van der Waals surface area contributed by atoms with E-state index in [1.807, 2.05) is 12.4 Å². The molecule has 1 aromatic heterocycles. The van der Waals surface area contributed by atoms with Gasteiger partial charge in [-0.25, -0.2) is 4.98 Å². The van der Waals surface area contributed by atoms with Crippen LogP contribution < -0.4 is 5.32 Å². The van der Waals surface area contributed by atoms with Crippen LogP contribution in [0.4, 0.5) is 5.95 Å². The molecule has 94 valence electrons. The quantitative estimate of drug-likeness (QED) is 0.839. The number of hydrogen-bond donors (Lipinski definition) is 1. The van der Waals surface area contributed by atoms with Crippen molar-refractivity contribution in [2.24, 2.45) is 0 Å². The van der Waals surface area contributed by atoms with E-state index in [0.29, 0.717) is 6.04 Å².